The van der Waals surface area contributed by atoms with E-state index in [0.29, 0.717) is 17.9 Å². The smallest absolute Gasteiger partial charge is 0.255 e. The van der Waals surface area contributed by atoms with E-state index in [1.54, 1.807) is 36.4 Å². The summed E-state index contributed by atoms with van der Waals surface area (Å²) in [4.78, 5) is 24.6. The van der Waals surface area contributed by atoms with Crippen LogP contribution in [0.1, 0.15) is 22.8 Å². The van der Waals surface area contributed by atoms with Crippen LogP contribution in [-0.2, 0) is 4.79 Å². The number of halogens is 1. The highest BCUT2D eigenvalue weighted by Crippen LogP contribution is 2.20. The summed E-state index contributed by atoms with van der Waals surface area (Å²) in [7, 11) is 0. The van der Waals surface area contributed by atoms with Crippen LogP contribution in [0.3, 0.4) is 0 Å². The average Bonchev–Trinajstić information content (AvgIpc) is 2.76. The Morgan fingerprint density at radius 2 is 1.58 bits per heavy atom. The second-order valence-electron chi connectivity index (χ2n) is 6.85. The predicted octanol–water partition coefficient (Wildman–Crippen LogP) is 5.46. The minimum absolute atomic E-state index is 0.118. The Kier molecular flexibility index (Phi) is 7.67. The molecule has 3 rings (SSSR count). The summed E-state index contributed by atoms with van der Waals surface area (Å²) in [6.45, 7) is 4.57. The Labute approximate surface area is 190 Å². The molecule has 3 aromatic rings. The van der Waals surface area contributed by atoms with Gasteiger partial charge in [-0.3, -0.25) is 9.59 Å². The second-order valence-corrected chi connectivity index (χ2v) is 7.77. The standard InChI is InChI=1S/C24H24BrN3O3/c1-3-31-21-11-9-20(10-12-21)27-24(30)17-4-7-19(8-5-17)26-15-23(29)28-22-13-6-18(25)14-16(22)2/h4-14,26H,3,15H2,1-2H3,(H,27,30)(H,28,29). The van der Waals surface area contributed by atoms with Crippen LogP contribution in [0, 0.1) is 6.92 Å². The van der Waals surface area contributed by atoms with Gasteiger partial charge in [-0.05, 0) is 86.1 Å². The van der Waals surface area contributed by atoms with Crippen molar-refractivity contribution in [1.82, 2.24) is 0 Å². The average molecular weight is 482 g/mol. The molecule has 2 amide bonds. The number of nitrogens with one attached hydrogen (secondary N) is 3. The van der Waals surface area contributed by atoms with Crippen LogP contribution in [0.2, 0.25) is 0 Å². The van der Waals surface area contributed by atoms with Gasteiger partial charge in [0, 0.05) is 27.1 Å². The van der Waals surface area contributed by atoms with Crippen molar-refractivity contribution in [3.63, 3.8) is 0 Å². The highest BCUT2D eigenvalue weighted by Gasteiger charge is 2.08. The first-order chi connectivity index (χ1) is 14.9. The van der Waals surface area contributed by atoms with Crippen molar-refractivity contribution in [3.05, 3.63) is 82.3 Å². The van der Waals surface area contributed by atoms with E-state index in [4.69, 9.17) is 4.74 Å². The molecule has 31 heavy (non-hydrogen) atoms. The SMILES string of the molecule is CCOc1ccc(NC(=O)c2ccc(NCC(=O)Nc3ccc(Br)cc3C)cc2)cc1. The van der Waals surface area contributed by atoms with Crippen molar-refractivity contribution < 1.29 is 14.3 Å². The maximum absolute atomic E-state index is 12.4. The summed E-state index contributed by atoms with van der Waals surface area (Å²) in [6, 6.07) is 19.9. The number of ether oxygens (including phenoxy) is 1. The van der Waals surface area contributed by atoms with E-state index in [1.807, 2.05) is 44.2 Å². The monoisotopic (exact) mass is 481 g/mol. The number of amides is 2. The van der Waals surface area contributed by atoms with Crippen LogP contribution in [0.15, 0.2) is 71.2 Å². The van der Waals surface area contributed by atoms with E-state index in [2.05, 4.69) is 31.9 Å². The van der Waals surface area contributed by atoms with Crippen LogP contribution in [0.4, 0.5) is 17.1 Å². The van der Waals surface area contributed by atoms with Crippen LogP contribution >= 0.6 is 15.9 Å². The van der Waals surface area contributed by atoms with Gasteiger partial charge >= 0.3 is 0 Å². The topological polar surface area (TPSA) is 79.5 Å². The van der Waals surface area contributed by atoms with Crippen molar-refractivity contribution in [2.45, 2.75) is 13.8 Å². The Hall–Kier alpha value is -3.32. The number of carbonyl (C=O) groups is 2. The fourth-order valence-electron chi connectivity index (χ4n) is 2.89. The van der Waals surface area contributed by atoms with Crippen LogP contribution in [0.25, 0.3) is 0 Å². The molecule has 0 bridgehead atoms. The molecule has 0 aliphatic rings. The summed E-state index contributed by atoms with van der Waals surface area (Å²) >= 11 is 3.41. The number of aryl methyl sites for hydroxylation is 1. The fraction of sp³-hybridized carbons (Fsp3) is 0.167. The second kappa shape index (κ2) is 10.6. The van der Waals surface area contributed by atoms with Gasteiger partial charge in [-0.1, -0.05) is 15.9 Å². The minimum Gasteiger partial charge on any atom is -0.494 e. The van der Waals surface area contributed by atoms with Crippen molar-refractivity contribution in [1.29, 1.82) is 0 Å². The summed E-state index contributed by atoms with van der Waals surface area (Å²) in [5, 5.41) is 8.80. The summed E-state index contributed by atoms with van der Waals surface area (Å²) in [6.07, 6.45) is 0. The van der Waals surface area contributed by atoms with Gasteiger partial charge in [-0.2, -0.15) is 0 Å². The molecule has 0 aromatic heterocycles. The molecular weight excluding hydrogens is 458 g/mol. The van der Waals surface area contributed by atoms with E-state index in [0.717, 1.165) is 27.2 Å². The largest absolute Gasteiger partial charge is 0.494 e. The summed E-state index contributed by atoms with van der Waals surface area (Å²) in [5.74, 6) is 0.400. The third-order valence-electron chi connectivity index (χ3n) is 4.49. The van der Waals surface area contributed by atoms with Gasteiger partial charge in [0.15, 0.2) is 0 Å². The Morgan fingerprint density at radius 3 is 2.23 bits per heavy atom. The van der Waals surface area contributed by atoms with Crippen molar-refractivity contribution in [3.8, 4) is 5.75 Å². The molecule has 0 unspecified atom stereocenters. The normalized spacial score (nSPS) is 10.3. The molecule has 160 valence electrons. The highest BCUT2D eigenvalue weighted by molar-refractivity contribution is 9.10. The van der Waals surface area contributed by atoms with Gasteiger partial charge in [0.1, 0.15) is 5.75 Å². The number of carbonyl (C=O) groups excluding carboxylic acids is 2. The Balaban J connectivity index is 1.51. The van der Waals surface area contributed by atoms with E-state index in [-0.39, 0.29) is 18.4 Å². The molecule has 0 saturated heterocycles. The molecule has 0 radical (unpaired) electrons. The maximum Gasteiger partial charge on any atom is 0.255 e. The number of benzene rings is 3. The molecule has 3 N–H and O–H groups in total. The van der Waals surface area contributed by atoms with E-state index in [1.165, 1.54) is 0 Å². The number of hydrogen-bond donors (Lipinski definition) is 3. The lowest BCUT2D eigenvalue weighted by molar-refractivity contribution is -0.114. The van der Waals surface area contributed by atoms with Crippen molar-refractivity contribution >= 4 is 44.8 Å². The third kappa shape index (κ3) is 6.58. The van der Waals surface area contributed by atoms with Gasteiger partial charge in [-0.15, -0.1) is 0 Å². The van der Waals surface area contributed by atoms with Crippen LogP contribution < -0.4 is 20.7 Å². The number of hydrogen-bond acceptors (Lipinski definition) is 4. The predicted molar refractivity (Wildman–Crippen MR) is 128 cm³/mol. The molecule has 7 heteroatoms. The van der Waals surface area contributed by atoms with Crippen LogP contribution in [-0.4, -0.2) is 25.0 Å². The first-order valence-electron chi connectivity index (χ1n) is 9.89. The fourth-order valence-corrected chi connectivity index (χ4v) is 3.36. The highest BCUT2D eigenvalue weighted by atomic mass is 79.9. The molecule has 0 atom stereocenters. The van der Waals surface area contributed by atoms with Gasteiger partial charge < -0.3 is 20.7 Å². The van der Waals surface area contributed by atoms with Gasteiger partial charge in [0.05, 0.1) is 13.2 Å². The van der Waals surface area contributed by atoms with E-state index in [9.17, 15) is 9.59 Å². The first-order valence-corrected chi connectivity index (χ1v) is 10.7. The molecule has 6 nitrogen and oxygen atoms in total. The first kappa shape index (κ1) is 22.4. The van der Waals surface area contributed by atoms with Crippen LogP contribution in [0.5, 0.6) is 5.75 Å². The molecule has 0 aliphatic carbocycles. The molecule has 0 fully saturated rings. The lowest BCUT2D eigenvalue weighted by Gasteiger charge is -2.11. The van der Waals surface area contributed by atoms with E-state index >= 15 is 0 Å². The van der Waals surface area contributed by atoms with Crippen molar-refractivity contribution in [2.75, 3.05) is 29.1 Å². The lowest BCUT2D eigenvalue weighted by Crippen LogP contribution is -2.22. The number of rotatable bonds is 8. The maximum atomic E-state index is 12.4. The molecular formula is C24H24BrN3O3. The van der Waals surface area contributed by atoms with E-state index < -0.39 is 0 Å². The zero-order valence-electron chi connectivity index (χ0n) is 17.4. The lowest BCUT2D eigenvalue weighted by atomic mass is 10.2. The third-order valence-corrected chi connectivity index (χ3v) is 4.98. The molecule has 3 aromatic carbocycles. The number of anilines is 3. The summed E-state index contributed by atoms with van der Waals surface area (Å²) in [5.41, 5.74) is 3.71. The molecule has 0 heterocycles. The zero-order valence-corrected chi connectivity index (χ0v) is 19.0. The van der Waals surface area contributed by atoms with Gasteiger partial charge in [0.25, 0.3) is 5.91 Å². The molecule has 0 spiro atoms. The Morgan fingerprint density at radius 1 is 0.903 bits per heavy atom. The van der Waals surface area contributed by atoms with Gasteiger partial charge in [0.2, 0.25) is 5.91 Å². The summed E-state index contributed by atoms with van der Waals surface area (Å²) < 4.78 is 6.36. The van der Waals surface area contributed by atoms with Gasteiger partial charge in [-0.25, -0.2) is 0 Å². The molecule has 0 aliphatic heterocycles. The molecule has 0 saturated carbocycles. The minimum atomic E-state index is -0.209. The Bertz CT molecular complexity index is 1050. The van der Waals surface area contributed by atoms with Crippen molar-refractivity contribution in [2.24, 2.45) is 0 Å². The zero-order chi connectivity index (χ0) is 22.2. The quantitative estimate of drug-likeness (QED) is 0.399.